The van der Waals surface area contributed by atoms with E-state index in [0.29, 0.717) is 0 Å². The highest BCUT2D eigenvalue weighted by Crippen LogP contribution is 2.32. The monoisotopic (exact) mass is 328 g/mol. The van der Waals surface area contributed by atoms with Crippen molar-refractivity contribution in [3.05, 3.63) is 30.2 Å². The van der Waals surface area contributed by atoms with Crippen LogP contribution in [0.2, 0.25) is 0 Å². The highest BCUT2D eigenvalue weighted by atomic mass is 16.1. The van der Waals surface area contributed by atoms with E-state index >= 15 is 0 Å². The predicted molar refractivity (Wildman–Crippen MR) is 94.5 cm³/mol. The Kier molecular flexibility index (Phi) is 5.48. The fourth-order valence-corrected chi connectivity index (χ4v) is 3.76. The first-order valence-electron chi connectivity index (χ1n) is 9.29. The number of unbranched alkanes of at least 4 members (excludes halogenated alkanes) is 1. The van der Waals surface area contributed by atoms with Crippen LogP contribution in [0.5, 0.6) is 0 Å². The van der Waals surface area contributed by atoms with Gasteiger partial charge in [0.2, 0.25) is 5.91 Å². The zero-order valence-corrected chi connectivity index (χ0v) is 14.7. The summed E-state index contributed by atoms with van der Waals surface area (Å²) in [4.78, 5) is 12.6. The molecule has 3 rings (SSSR count). The van der Waals surface area contributed by atoms with Crippen LogP contribution in [0, 0.1) is 11.8 Å². The molecule has 5 nitrogen and oxygen atoms in total. The van der Waals surface area contributed by atoms with Crippen molar-refractivity contribution in [3.63, 3.8) is 0 Å². The molecule has 0 bridgehead atoms. The molecule has 1 aliphatic rings. The van der Waals surface area contributed by atoms with Gasteiger partial charge in [0, 0.05) is 12.1 Å². The first kappa shape index (κ1) is 16.9. The van der Waals surface area contributed by atoms with Crippen molar-refractivity contribution in [2.45, 2.75) is 64.8 Å². The van der Waals surface area contributed by atoms with Gasteiger partial charge >= 0.3 is 0 Å². The van der Waals surface area contributed by atoms with Crippen LogP contribution >= 0.6 is 0 Å². The summed E-state index contributed by atoms with van der Waals surface area (Å²) in [5.74, 6) is 1.94. The van der Waals surface area contributed by atoms with Gasteiger partial charge in [-0.2, -0.15) is 0 Å². The van der Waals surface area contributed by atoms with Gasteiger partial charge in [0.05, 0.1) is 6.04 Å². The molecule has 0 aliphatic heterocycles. The molecule has 2 aromatic heterocycles. The van der Waals surface area contributed by atoms with Crippen molar-refractivity contribution >= 4 is 11.6 Å². The average Bonchev–Trinajstić information content (AvgIpc) is 3.04. The molecule has 1 saturated carbocycles. The summed E-state index contributed by atoms with van der Waals surface area (Å²) in [6.07, 6.45) is 10.3. The number of nitrogens with zero attached hydrogens (tertiary/aromatic N) is 3. The smallest absolute Gasteiger partial charge is 0.223 e. The lowest BCUT2D eigenvalue weighted by atomic mass is 9.79. The molecule has 2 aromatic rings. The molecule has 1 N–H and O–H groups in total. The van der Waals surface area contributed by atoms with Crippen molar-refractivity contribution < 1.29 is 4.79 Å². The van der Waals surface area contributed by atoms with E-state index in [4.69, 9.17) is 0 Å². The minimum Gasteiger partial charge on any atom is -0.346 e. The van der Waals surface area contributed by atoms with Crippen LogP contribution in [0.1, 0.15) is 70.7 Å². The van der Waals surface area contributed by atoms with Crippen LogP contribution in [-0.4, -0.2) is 20.5 Å². The summed E-state index contributed by atoms with van der Waals surface area (Å²) in [5.41, 5.74) is 0.810. The van der Waals surface area contributed by atoms with Crippen LogP contribution in [0.4, 0.5) is 0 Å². The Morgan fingerprint density at radius 3 is 2.83 bits per heavy atom. The summed E-state index contributed by atoms with van der Waals surface area (Å²) in [6, 6.07) is 5.68. The maximum atomic E-state index is 12.6. The van der Waals surface area contributed by atoms with E-state index in [2.05, 4.69) is 22.4 Å². The van der Waals surface area contributed by atoms with E-state index in [-0.39, 0.29) is 17.9 Å². The maximum Gasteiger partial charge on any atom is 0.223 e. The third kappa shape index (κ3) is 3.77. The van der Waals surface area contributed by atoms with Crippen molar-refractivity contribution in [1.82, 2.24) is 19.9 Å². The third-order valence-electron chi connectivity index (χ3n) is 5.27. The highest BCUT2D eigenvalue weighted by molar-refractivity contribution is 5.79. The number of hydrogen-bond acceptors (Lipinski definition) is 3. The SMILES string of the molecule is CCCCC1CCC(C(=O)NC(C)c2nnc3ccccn23)CC1. The summed E-state index contributed by atoms with van der Waals surface area (Å²) in [6.45, 7) is 4.23. The summed E-state index contributed by atoms with van der Waals surface area (Å²) >= 11 is 0. The number of pyridine rings is 1. The molecule has 1 atom stereocenters. The number of fused-ring (bicyclic) bond motifs is 1. The predicted octanol–water partition coefficient (Wildman–Crippen LogP) is 3.90. The van der Waals surface area contributed by atoms with Crippen LogP contribution in [0.3, 0.4) is 0 Å². The molecule has 24 heavy (non-hydrogen) atoms. The van der Waals surface area contributed by atoms with Crippen molar-refractivity contribution in [2.75, 3.05) is 0 Å². The Hall–Kier alpha value is -1.91. The van der Waals surface area contributed by atoms with E-state index in [1.165, 1.54) is 32.1 Å². The molecule has 1 fully saturated rings. The highest BCUT2D eigenvalue weighted by Gasteiger charge is 2.27. The molecule has 1 amide bonds. The molecule has 2 heterocycles. The average molecular weight is 328 g/mol. The van der Waals surface area contributed by atoms with Gasteiger partial charge in [-0.3, -0.25) is 9.20 Å². The fourth-order valence-electron chi connectivity index (χ4n) is 3.76. The molecule has 0 saturated heterocycles. The number of nitrogens with one attached hydrogen (secondary N) is 1. The molecule has 1 aliphatic carbocycles. The number of hydrogen-bond donors (Lipinski definition) is 1. The fraction of sp³-hybridized carbons (Fsp3) is 0.632. The van der Waals surface area contributed by atoms with Gasteiger partial charge in [-0.15, -0.1) is 10.2 Å². The zero-order valence-electron chi connectivity index (χ0n) is 14.7. The Bertz CT molecular complexity index is 673. The number of rotatable bonds is 6. The lowest BCUT2D eigenvalue weighted by Crippen LogP contribution is -2.35. The molecule has 1 unspecified atom stereocenters. The van der Waals surface area contributed by atoms with Crippen LogP contribution < -0.4 is 5.32 Å². The largest absolute Gasteiger partial charge is 0.346 e. The van der Waals surface area contributed by atoms with E-state index in [0.717, 1.165) is 30.2 Å². The first-order valence-corrected chi connectivity index (χ1v) is 9.29. The minimum atomic E-state index is -0.132. The second-order valence-electron chi connectivity index (χ2n) is 7.08. The van der Waals surface area contributed by atoms with Crippen molar-refractivity contribution in [3.8, 4) is 0 Å². The van der Waals surface area contributed by atoms with Gasteiger partial charge in [0.1, 0.15) is 0 Å². The lowest BCUT2D eigenvalue weighted by molar-refractivity contribution is -0.127. The zero-order chi connectivity index (χ0) is 16.9. The van der Waals surface area contributed by atoms with E-state index < -0.39 is 0 Å². The van der Waals surface area contributed by atoms with Crippen LogP contribution in [-0.2, 0) is 4.79 Å². The van der Waals surface area contributed by atoms with Gasteiger partial charge in [-0.25, -0.2) is 0 Å². The van der Waals surface area contributed by atoms with Crippen LogP contribution in [0.15, 0.2) is 24.4 Å². The number of carbonyl (C=O) groups is 1. The van der Waals surface area contributed by atoms with E-state index in [1.807, 2.05) is 35.7 Å². The molecular weight excluding hydrogens is 300 g/mol. The van der Waals surface area contributed by atoms with Gasteiger partial charge in [-0.05, 0) is 50.7 Å². The standard InChI is InChI=1S/C19H28N4O/c1-3-4-7-15-9-11-16(12-10-15)19(24)20-14(2)18-22-21-17-8-5-6-13-23(17)18/h5-6,8,13-16H,3-4,7,9-12H2,1-2H3,(H,20,24). The molecule has 130 valence electrons. The quantitative estimate of drug-likeness (QED) is 0.875. The Balaban J connectivity index is 1.55. The first-order chi connectivity index (χ1) is 11.7. The topological polar surface area (TPSA) is 59.3 Å². The minimum absolute atomic E-state index is 0.132. The molecule has 5 heteroatoms. The normalized spacial score (nSPS) is 22.4. The van der Waals surface area contributed by atoms with Gasteiger partial charge in [0.15, 0.2) is 11.5 Å². The summed E-state index contributed by atoms with van der Waals surface area (Å²) in [5, 5.41) is 11.5. The summed E-state index contributed by atoms with van der Waals surface area (Å²) < 4.78 is 1.94. The van der Waals surface area contributed by atoms with Crippen LogP contribution in [0.25, 0.3) is 5.65 Å². The molecule has 0 spiro atoms. The molecular formula is C19H28N4O. The van der Waals surface area contributed by atoms with Gasteiger partial charge in [-0.1, -0.05) is 32.3 Å². The number of carbonyl (C=O) groups excluding carboxylic acids is 1. The Morgan fingerprint density at radius 1 is 1.29 bits per heavy atom. The van der Waals surface area contributed by atoms with Gasteiger partial charge in [0.25, 0.3) is 0 Å². The van der Waals surface area contributed by atoms with Gasteiger partial charge < -0.3 is 5.32 Å². The Morgan fingerprint density at radius 2 is 2.08 bits per heavy atom. The van der Waals surface area contributed by atoms with Crippen molar-refractivity contribution in [1.29, 1.82) is 0 Å². The van der Waals surface area contributed by atoms with Crippen molar-refractivity contribution in [2.24, 2.45) is 11.8 Å². The Labute approximate surface area is 143 Å². The van der Waals surface area contributed by atoms with E-state index in [9.17, 15) is 4.79 Å². The lowest BCUT2D eigenvalue weighted by Gasteiger charge is -2.28. The summed E-state index contributed by atoms with van der Waals surface area (Å²) in [7, 11) is 0. The molecule has 0 aromatic carbocycles. The van der Waals surface area contributed by atoms with E-state index in [1.54, 1.807) is 0 Å². The molecule has 0 radical (unpaired) electrons. The third-order valence-corrected chi connectivity index (χ3v) is 5.27. The second-order valence-corrected chi connectivity index (χ2v) is 7.08. The number of aromatic nitrogens is 3. The number of amides is 1. The maximum absolute atomic E-state index is 12.6. The second kappa shape index (κ2) is 7.77.